The molecule has 118 valence electrons. The third kappa shape index (κ3) is 3.38. The molecule has 0 fully saturated rings. The number of aromatic nitrogens is 2. The average molecular weight is 390 g/mol. The fourth-order valence-electron chi connectivity index (χ4n) is 2.38. The smallest absolute Gasteiger partial charge is 0.268 e. The lowest BCUT2D eigenvalue weighted by Gasteiger charge is -2.09. The maximum absolute atomic E-state index is 12.6. The molecule has 3 aromatic rings. The summed E-state index contributed by atoms with van der Waals surface area (Å²) in [4.78, 5) is 16.8. The molecule has 0 aliphatic carbocycles. The van der Waals surface area contributed by atoms with Crippen LogP contribution in [0.1, 0.15) is 23.1 Å². The van der Waals surface area contributed by atoms with E-state index in [2.05, 4.69) is 26.2 Å². The van der Waals surface area contributed by atoms with Crippen molar-refractivity contribution in [2.24, 2.45) is 0 Å². The number of amides is 1. The summed E-state index contributed by atoms with van der Waals surface area (Å²) in [6, 6.07) is 7.62. The van der Waals surface area contributed by atoms with E-state index in [9.17, 15) is 4.79 Å². The molecule has 0 radical (unpaired) electrons. The molecule has 1 amide bonds. The van der Waals surface area contributed by atoms with Gasteiger partial charge in [0.1, 0.15) is 5.69 Å². The van der Waals surface area contributed by atoms with Crippen LogP contribution < -0.4 is 5.32 Å². The Hall–Kier alpha value is -1.92. The number of nitrogens with zero attached hydrogens (tertiary/aromatic N) is 2. The normalized spacial score (nSPS) is 11.4. The van der Waals surface area contributed by atoms with Gasteiger partial charge in [0.2, 0.25) is 0 Å². The predicted octanol–water partition coefficient (Wildman–Crippen LogP) is 4.37. The molecule has 0 saturated carbocycles. The number of rotatable bonds is 5. The maximum atomic E-state index is 12.6. The van der Waals surface area contributed by atoms with Crippen LogP contribution >= 0.6 is 27.3 Å². The molecule has 4 nitrogen and oxygen atoms in total. The standard InChI is InChI=1S/C17H16BrN3OS/c1-2-3-8-21-14(9-15-16(21)13(18)11-23-15)17(22)20-10-12-6-4-5-7-19-12/h2-7,9,11H,8,10H2,1H3,(H,20,22)/b3-2+. The van der Waals surface area contributed by atoms with Crippen LogP contribution in [-0.2, 0) is 13.1 Å². The van der Waals surface area contributed by atoms with E-state index in [1.54, 1.807) is 17.5 Å². The number of halogens is 1. The zero-order valence-corrected chi connectivity index (χ0v) is 15.0. The van der Waals surface area contributed by atoms with Crippen molar-refractivity contribution < 1.29 is 4.79 Å². The zero-order valence-electron chi connectivity index (χ0n) is 12.6. The number of allylic oxidation sites excluding steroid dienone is 2. The Kier molecular flexibility index (Phi) is 4.93. The topological polar surface area (TPSA) is 46.9 Å². The fraction of sp³-hybridized carbons (Fsp3) is 0.176. The number of carbonyl (C=O) groups excluding carboxylic acids is 1. The number of hydrogen-bond donors (Lipinski definition) is 1. The van der Waals surface area contributed by atoms with Gasteiger partial charge in [0.25, 0.3) is 5.91 Å². The highest BCUT2D eigenvalue weighted by atomic mass is 79.9. The molecule has 0 aromatic carbocycles. The monoisotopic (exact) mass is 389 g/mol. The quantitative estimate of drug-likeness (QED) is 0.658. The fourth-order valence-corrected chi connectivity index (χ4v) is 4.08. The predicted molar refractivity (Wildman–Crippen MR) is 97.7 cm³/mol. The highest BCUT2D eigenvalue weighted by Crippen LogP contribution is 2.33. The molecule has 23 heavy (non-hydrogen) atoms. The van der Waals surface area contributed by atoms with Gasteiger partial charge < -0.3 is 9.88 Å². The van der Waals surface area contributed by atoms with E-state index in [0.29, 0.717) is 18.8 Å². The zero-order chi connectivity index (χ0) is 16.2. The van der Waals surface area contributed by atoms with Crippen molar-refractivity contribution in [1.29, 1.82) is 0 Å². The number of carbonyl (C=O) groups is 1. The first-order valence-electron chi connectivity index (χ1n) is 7.26. The van der Waals surface area contributed by atoms with E-state index < -0.39 is 0 Å². The average Bonchev–Trinajstić information content (AvgIpc) is 3.12. The maximum Gasteiger partial charge on any atom is 0.268 e. The Bertz CT molecular complexity index is 851. The van der Waals surface area contributed by atoms with Crippen LogP contribution in [-0.4, -0.2) is 15.5 Å². The van der Waals surface area contributed by atoms with Crippen molar-refractivity contribution in [1.82, 2.24) is 14.9 Å². The van der Waals surface area contributed by atoms with E-state index in [-0.39, 0.29) is 5.91 Å². The molecule has 3 heterocycles. The SMILES string of the molecule is C/C=C/Cn1c(C(=O)NCc2ccccn2)cc2scc(Br)c21. The van der Waals surface area contributed by atoms with Gasteiger partial charge in [0.15, 0.2) is 0 Å². The van der Waals surface area contributed by atoms with Crippen molar-refractivity contribution in [3.63, 3.8) is 0 Å². The Morgan fingerprint density at radius 3 is 3.09 bits per heavy atom. The molecule has 3 rings (SSSR count). The largest absolute Gasteiger partial charge is 0.345 e. The van der Waals surface area contributed by atoms with Crippen LogP contribution in [0.15, 0.2) is 52.5 Å². The van der Waals surface area contributed by atoms with Crippen LogP contribution in [0.2, 0.25) is 0 Å². The van der Waals surface area contributed by atoms with Crippen LogP contribution in [0.4, 0.5) is 0 Å². The summed E-state index contributed by atoms with van der Waals surface area (Å²) >= 11 is 5.20. The van der Waals surface area contributed by atoms with Crippen molar-refractivity contribution in [3.05, 3.63) is 63.9 Å². The first-order chi connectivity index (χ1) is 11.2. The third-order valence-electron chi connectivity index (χ3n) is 3.49. The van der Waals surface area contributed by atoms with Gasteiger partial charge in [0, 0.05) is 18.1 Å². The third-order valence-corrected chi connectivity index (χ3v) is 5.32. The number of hydrogen-bond acceptors (Lipinski definition) is 3. The lowest BCUT2D eigenvalue weighted by molar-refractivity contribution is 0.0942. The van der Waals surface area contributed by atoms with Gasteiger partial charge in [0.05, 0.1) is 26.9 Å². The molecule has 0 atom stereocenters. The molecule has 0 spiro atoms. The molecular formula is C17H16BrN3OS. The molecule has 3 aromatic heterocycles. The van der Waals surface area contributed by atoms with Crippen LogP contribution in [0.25, 0.3) is 10.2 Å². The van der Waals surface area contributed by atoms with E-state index >= 15 is 0 Å². The van der Waals surface area contributed by atoms with Crippen LogP contribution in [0.3, 0.4) is 0 Å². The summed E-state index contributed by atoms with van der Waals surface area (Å²) in [5.74, 6) is -0.0875. The van der Waals surface area contributed by atoms with Crippen LogP contribution in [0, 0.1) is 0 Å². The Labute approximate surface area is 147 Å². The van der Waals surface area contributed by atoms with Crippen molar-refractivity contribution in [3.8, 4) is 0 Å². The number of fused-ring (bicyclic) bond motifs is 1. The number of nitrogens with one attached hydrogen (secondary N) is 1. The lowest BCUT2D eigenvalue weighted by atomic mass is 10.3. The van der Waals surface area contributed by atoms with Gasteiger partial charge >= 0.3 is 0 Å². The minimum absolute atomic E-state index is 0.0875. The minimum Gasteiger partial charge on any atom is -0.345 e. The molecule has 0 aliphatic rings. The first kappa shape index (κ1) is 16.0. The van der Waals surface area contributed by atoms with Crippen molar-refractivity contribution in [2.75, 3.05) is 0 Å². The minimum atomic E-state index is -0.0875. The summed E-state index contributed by atoms with van der Waals surface area (Å²) < 4.78 is 4.15. The van der Waals surface area contributed by atoms with Gasteiger partial charge in [-0.05, 0) is 41.1 Å². The molecule has 1 N–H and O–H groups in total. The summed E-state index contributed by atoms with van der Waals surface area (Å²) in [6.07, 6.45) is 5.75. The highest BCUT2D eigenvalue weighted by molar-refractivity contribution is 9.10. The van der Waals surface area contributed by atoms with Crippen molar-refractivity contribution in [2.45, 2.75) is 20.0 Å². The van der Waals surface area contributed by atoms with E-state index in [1.165, 1.54) is 0 Å². The molecular weight excluding hydrogens is 374 g/mol. The number of pyridine rings is 1. The van der Waals surface area contributed by atoms with Crippen LogP contribution in [0.5, 0.6) is 0 Å². The Morgan fingerprint density at radius 1 is 1.48 bits per heavy atom. The summed E-state index contributed by atoms with van der Waals surface area (Å²) in [5, 5.41) is 4.99. The van der Waals surface area contributed by atoms with Gasteiger partial charge in [-0.1, -0.05) is 18.2 Å². The second-order valence-corrected chi connectivity index (χ2v) is 6.78. The van der Waals surface area contributed by atoms with Gasteiger partial charge in [-0.15, -0.1) is 11.3 Å². The molecule has 0 unspecified atom stereocenters. The Morgan fingerprint density at radius 2 is 2.35 bits per heavy atom. The van der Waals surface area contributed by atoms with E-state index in [0.717, 1.165) is 20.4 Å². The number of thiophene rings is 1. The lowest BCUT2D eigenvalue weighted by Crippen LogP contribution is -2.25. The van der Waals surface area contributed by atoms with Gasteiger partial charge in [-0.2, -0.15) is 0 Å². The van der Waals surface area contributed by atoms with Gasteiger partial charge in [-0.25, -0.2) is 0 Å². The van der Waals surface area contributed by atoms with E-state index in [1.807, 2.05) is 53.3 Å². The first-order valence-corrected chi connectivity index (χ1v) is 8.93. The summed E-state index contributed by atoms with van der Waals surface area (Å²) in [6.45, 7) is 3.06. The molecule has 6 heteroatoms. The second-order valence-electron chi connectivity index (χ2n) is 5.01. The molecule has 0 bridgehead atoms. The second kappa shape index (κ2) is 7.10. The molecule has 0 aliphatic heterocycles. The summed E-state index contributed by atoms with van der Waals surface area (Å²) in [5.41, 5.74) is 2.58. The van der Waals surface area contributed by atoms with Gasteiger partial charge in [-0.3, -0.25) is 9.78 Å². The van der Waals surface area contributed by atoms with E-state index in [4.69, 9.17) is 0 Å². The Balaban J connectivity index is 1.87. The molecule has 0 saturated heterocycles. The highest BCUT2D eigenvalue weighted by Gasteiger charge is 2.17. The van der Waals surface area contributed by atoms with Crippen molar-refractivity contribution >= 4 is 43.4 Å². The summed E-state index contributed by atoms with van der Waals surface area (Å²) in [7, 11) is 0.